The van der Waals surface area contributed by atoms with Gasteiger partial charge in [0.1, 0.15) is 11.6 Å². The third-order valence-electron chi connectivity index (χ3n) is 4.71. The summed E-state index contributed by atoms with van der Waals surface area (Å²) in [6.07, 6.45) is 2.59. The van der Waals surface area contributed by atoms with Gasteiger partial charge in [-0.3, -0.25) is 0 Å². The quantitative estimate of drug-likeness (QED) is 0.706. The summed E-state index contributed by atoms with van der Waals surface area (Å²) in [7, 11) is 0. The predicted octanol–water partition coefficient (Wildman–Crippen LogP) is 3.76. The first-order valence-electron chi connectivity index (χ1n) is 8.69. The molecule has 1 N–H and O–H groups in total. The molecule has 26 heavy (non-hydrogen) atoms. The molecule has 134 valence electrons. The zero-order valence-corrected chi connectivity index (χ0v) is 14.4. The highest BCUT2D eigenvalue weighted by atomic mass is 19.1. The first-order chi connectivity index (χ1) is 12.6. The molecular weight excluding hydrogens is 336 g/mol. The van der Waals surface area contributed by atoms with Crippen LogP contribution in [0.5, 0.6) is 0 Å². The zero-order valence-electron chi connectivity index (χ0n) is 14.4. The van der Waals surface area contributed by atoms with E-state index in [2.05, 4.69) is 32.1 Å². The molecule has 0 saturated carbocycles. The molecular formula is C19H19F2N5. The van der Waals surface area contributed by atoms with Crippen LogP contribution < -0.4 is 10.2 Å². The van der Waals surface area contributed by atoms with E-state index in [1.165, 1.54) is 24.4 Å². The first kappa shape index (κ1) is 16.6. The molecule has 0 aliphatic carbocycles. The van der Waals surface area contributed by atoms with Gasteiger partial charge >= 0.3 is 0 Å². The lowest BCUT2D eigenvalue weighted by Crippen LogP contribution is -2.47. The van der Waals surface area contributed by atoms with Gasteiger partial charge in [0.25, 0.3) is 0 Å². The molecule has 1 saturated heterocycles. The molecule has 1 aliphatic heterocycles. The van der Waals surface area contributed by atoms with Crippen molar-refractivity contribution >= 4 is 22.7 Å². The van der Waals surface area contributed by atoms with Gasteiger partial charge < -0.3 is 10.2 Å². The van der Waals surface area contributed by atoms with Crippen LogP contribution in [-0.4, -0.2) is 28.0 Å². The number of aromatic nitrogens is 3. The number of nitrogens with zero attached hydrogens (tertiary/aromatic N) is 4. The molecule has 1 aromatic carbocycles. The van der Waals surface area contributed by atoms with Crippen molar-refractivity contribution in [3.8, 4) is 0 Å². The van der Waals surface area contributed by atoms with E-state index in [4.69, 9.17) is 0 Å². The summed E-state index contributed by atoms with van der Waals surface area (Å²) in [5.74, 6) is 1.05. The number of anilines is 2. The normalized spacial score (nSPS) is 14.5. The number of nitrogens with one attached hydrogen (secondary N) is 1. The fourth-order valence-corrected chi connectivity index (χ4v) is 3.10. The van der Waals surface area contributed by atoms with Crippen molar-refractivity contribution in [2.45, 2.75) is 19.9 Å². The maximum atomic E-state index is 13.7. The fraction of sp³-hybridized carbons (Fsp3) is 0.316. The second-order valence-electron chi connectivity index (χ2n) is 6.55. The lowest BCUT2D eigenvalue weighted by molar-refractivity contribution is 0.397. The van der Waals surface area contributed by atoms with E-state index >= 15 is 0 Å². The Balaban J connectivity index is 1.62. The van der Waals surface area contributed by atoms with Crippen molar-refractivity contribution in [2.75, 3.05) is 23.3 Å². The van der Waals surface area contributed by atoms with Gasteiger partial charge in [-0.2, -0.15) is 9.37 Å². The molecule has 1 fully saturated rings. The Morgan fingerprint density at radius 2 is 2.00 bits per heavy atom. The van der Waals surface area contributed by atoms with Gasteiger partial charge in [-0.1, -0.05) is 13.0 Å². The highest BCUT2D eigenvalue weighted by molar-refractivity contribution is 5.91. The summed E-state index contributed by atoms with van der Waals surface area (Å²) in [4.78, 5) is 14.9. The smallest absolute Gasteiger partial charge is 0.225 e. The second-order valence-corrected chi connectivity index (χ2v) is 6.55. The Bertz CT molecular complexity index is 923. The monoisotopic (exact) mass is 355 g/mol. The predicted molar refractivity (Wildman–Crippen MR) is 97.0 cm³/mol. The Morgan fingerprint density at radius 1 is 1.15 bits per heavy atom. The zero-order chi connectivity index (χ0) is 18.1. The molecule has 7 heteroatoms. The van der Waals surface area contributed by atoms with Crippen LogP contribution >= 0.6 is 0 Å². The number of rotatable bonds is 5. The van der Waals surface area contributed by atoms with Crippen molar-refractivity contribution in [1.29, 1.82) is 0 Å². The van der Waals surface area contributed by atoms with Gasteiger partial charge in [-0.05, 0) is 42.2 Å². The average Bonchev–Trinajstić information content (AvgIpc) is 2.60. The van der Waals surface area contributed by atoms with Gasteiger partial charge in [0.15, 0.2) is 0 Å². The number of hydrogen-bond acceptors (Lipinski definition) is 5. The van der Waals surface area contributed by atoms with E-state index < -0.39 is 5.95 Å². The number of hydrogen-bond donors (Lipinski definition) is 1. The summed E-state index contributed by atoms with van der Waals surface area (Å²) in [5.41, 5.74) is 1.52. The Hall–Kier alpha value is -2.83. The lowest BCUT2D eigenvalue weighted by atomic mass is 9.97. The van der Waals surface area contributed by atoms with Crippen molar-refractivity contribution < 1.29 is 8.78 Å². The molecule has 3 aromatic rings. The molecule has 0 amide bonds. The molecule has 0 unspecified atom stereocenters. The molecule has 2 aromatic heterocycles. The van der Waals surface area contributed by atoms with Gasteiger partial charge in [-0.25, -0.2) is 14.4 Å². The van der Waals surface area contributed by atoms with Crippen LogP contribution in [0.4, 0.5) is 20.5 Å². The minimum Gasteiger partial charge on any atom is -0.355 e. The largest absolute Gasteiger partial charge is 0.355 e. The maximum absolute atomic E-state index is 13.7. The third kappa shape index (κ3) is 3.29. The number of benzene rings is 1. The van der Waals surface area contributed by atoms with E-state index in [-0.39, 0.29) is 5.82 Å². The standard InChI is InChI=1S/C19H19F2N5/c1-2-12-10-26(11-12)18-15-7-14(20)4-5-16(15)24-19(25-18)23-9-13-3-6-17(21)22-8-13/h3-8,12H,2,9-11H2,1H3,(H,23,24,25). The van der Waals surface area contributed by atoms with Crippen LogP contribution in [0.15, 0.2) is 36.5 Å². The van der Waals surface area contributed by atoms with Crippen molar-refractivity contribution in [3.63, 3.8) is 0 Å². The Kier molecular flexibility index (Phi) is 4.36. The van der Waals surface area contributed by atoms with Gasteiger partial charge in [0.05, 0.1) is 5.52 Å². The molecule has 0 bridgehead atoms. The summed E-state index contributed by atoms with van der Waals surface area (Å²) in [5, 5.41) is 3.87. The molecule has 0 atom stereocenters. The highest BCUT2D eigenvalue weighted by Gasteiger charge is 2.28. The van der Waals surface area contributed by atoms with E-state index in [1.54, 1.807) is 12.1 Å². The molecule has 3 heterocycles. The van der Waals surface area contributed by atoms with Crippen molar-refractivity contribution in [2.24, 2.45) is 5.92 Å². The second kappa shape index (κ2) is 6.82. The van der Waals surface area contributed by atoms with E-state index in [1.807, 2.05) is 0 Å². The first-order valence-corrected chi connectivity index (χ1v) is 8.69. The molecule has 1 aliphatic rings. The minimum absolute atomic E-state index is 0.298. The van der Waals surface area contributed by atoms with Crippen LogP contribution in [0.2, 0.25) is 0 Å². The van der Waals surface area contributed by atoms with Crippen LogP contribution in [0.3, 0.4) is 0 Å². The summed E-state index contributed by atoms with van der Waals surface area (Å²) in [6, 6.07) is 7.53. The topological polar surface area (TPSA) is 53.9 Å². The maximum Gasteiger partial charge on any atom is 0.225 e. The van der Waals surface area contributed by atoms with E-state index in [0.717, 1.165) is 30.9 Å². The van der Waals surface area contributed by atoms with Crippen molar-refractivity contribution in [3.05, 3.63) is 53.9 Å². The fourth-order valence-electron chi connectivity index (χ4n) is 3.10. The SMILES string of the molecule is CCC1CN(c2nc(NCc3ccc(F)nc3)nc3ccc(F)cc23)C1. The summed E-state index contributed by atoms with van der Waals surface area (Å²) >= 11 is 0. The average molecular weight is 355 g/mol. The minimum atomic E-state index is -0.511. The Morgan fingerprint density at radius 3 is 2.73 bits per heavy atom. The van der Waals surface area contributed by atoms with Gasteiger partial charge in [0.2, 0.25) is 11.9 Å². The van der Waals surface area contributed by atoms with E-state index in [0.29, 0.717) is 29.3 Å². The summed E-state index contributed by atoms with van der Waals surface area (Å²) in [6.45, 7) is 4.43. The van der Waals surface area contributed by atoms with Crippen LogP contribution in [0.1, 0.15) is 18.9 Å². The summed E-state index contributed by atoms with van der Waals surface area (Å²) < 4.78 is 26.6. The van der Waals surface area contributed by atoms with Crippen LogP contribution in [-0.2, 0) is 6.54 Å². The van der Waals surface area contributed by atoms with E-state index in [9.17, 15) is 8.78 Å². The van der Waals surface area contributed by atoms with Gasteiger partial charge in [-0.15, -0.1) is 0 Å². The van der Waals surface area contributed by atoms with Gasteiger partial charge in [0, 0.05) is 31.2 Å². The van der Waals surface area contributed by atoms with Crippen LogP contribution in [0.25, 0.3) is 10.9 Å². The van der Waals surface area contributed by atoms with Crippen molar-refractivity contribution in [1.82, 2.24) is 15.0 Å². The lowest BCUT2D eigenvalue weighted by Gasteiger charge is -2.40. The number of fused-ring (bicyclic) bond motifs is 1. The molecule has 0 radical (unpaired) electrons. The molecule has 4 rings (SSSR count). The Labute approximate surface area is 150 Å². The van der Waals surface area contributed by atoms with Crippen LogP contribution in [0, 0.1) is 17.7 Å². The molecule has 0 spiro atoms. The number of pyridine rings is 1. The number of halogens is 2. The third-order valence-corrected chi connectivity index (χ3v) is 4.71. The molecule has 5 nitrogen and oxygen atoms in total. The highest BCUT2D eigenvalue weighted by Crippen LogP contribution is 2.32.